The summed E-state index contributed by atoms with van der Waals surface area (Å²) in [6.07, 6.45) is 1.41. The normalized spacial score (nSPS) is 17.9. The molecule has 4 nitrogen and oxygen atoms in total. The fourth-order valence-corrected chi connectivity index (χ4v) is 4.29. The molecular weight excluding hydrogens is 298 g/mol. The zero-order valence-electron chi connectivity index (χ0n) is 11.6. The Hall–Kier alpha value is -0.620. The third-order valence-corrected chi connectivity index (χ3v) is 5.76. The Morgan fingerprint density at radius 2 is 2.10 bits per heavy atom. The van der Waals surface area contributed by atoms with E-state index in [-0.39, 0.29) is 0 Å². The van der Waals surface area contributed by atoms with Gasteiger partial charge in [-0.1, -0.05) is 19.1 Å². The van der Waals surface area contributed by atoms with Crippen molar-refractivity contribution in [3.8, 4) is 0 Å². The van der Waals surface area contributed by atoms with Crippen molar-refractivity contribution >= 4 is 21.6 Å². The molecule has 20 heavy (non-hydrogen) atoms. The Morgan fingerprint density at radius 3 is 2.80 bits per heavy atom. The predicted octanol–water partition coefficient (Wildman–Crippen LogP) is 2.40. The van der Waals surface area contributed by atoms with E-state index < -0.39 is 10.0 Å². The summed E-state index contributed by atoms with van der Waals surface area (Å²) >= 11 is 5.83. The summed E-state index contributed by atoms with van der Waals surface area (Å²) in [5, 5.41) is 0. The summed E-state index contributed by atoms with van der Waals surface area (Å²) in [5.74, 6) is 0.315. The highest BCUT2D eigenvalue weighted by molar-refractivity contribution is 7.89. The molecule has 112 valence electrons. The molecule has 1 heterocycles. The highest BCUT2D eigenvalue weighted by atomic mass is 35.5. The zero-order valence-corrected chi connectivity index (χ0v) is 13.2. The molecule has 0 atom stereocenters. The van der Waals surface area contributed by atoms with Crippen LogP contribution in [0.25, 0.3) is 0 Å². The lowest BCUT2D eigenvalue weighted by Gasteiger charge is -2.21. The molecule has 0 bridgehead atoms. The van der Waals surface area contributed by atoms with Crippen molar-refractivity contribution in [1.29, 1.82) is 0 Å². The van der Waals surface area contributed by atoms with Crippen molar-refractivity contribution in [3.63, 3.8) is 0 Å². The number of nitrogens with zero attached hydrogens (tertiary/aromatic N) is 1. The second-order valence-corrected chi connectivity index (χ2v) is 6.97. The highest BCUT2D eigenvalue weighted by Crippen LogP contribution is 2.24. The van der Waals surface area contributed by atoms with E-state index in [1.807, 2.05) is 19.1 Å². The van der Waals surface area contributed by atoms with Crippen LogP contribution in [-0.2, 0) is 27.1 Å². The number of alkyl halides is 1. The highest BCUT2D eigenvalue weighted by Gasteiger charge is 2.27. The Kier molecular flexibility index (Phi) is 5.43. The van der Waals surface area contributed by atoms with Gasteiger partial charge in [0.25, 0.3) is 0 Å². The molecule has 2 rings (SSSR count). The van der Waals surface area contributed by atoms with Gasteiger partial charge in [0.15, 0.2) is 0 Å². The number of rotatable bonds is 4. The van der Waals surface area contributed by atoms with E-state index >= 15 is 0 Å². The van der Waals surface area contributed by atoms with Crippen LogP contribution in [0.15, 0.2) is 23.1 Å². The van der Waals surface area contributed by atoms with E-state index in [1.54, 1.807) is 6.07 Å². The first-order chi connectivity index (χ1) is 9.59. The molecule has 1 aromatic carbocycles. The van der Waals surface area contributed by atoms with E-state index in [1.165, 1.54) is 4.31 Å². The lowest BCUT2D eigenvalue weighted by atomic mass is 10.1. The van der Waals surface area contributed by atoms with Gasteiger partial charge in [-0.25, -0.2) is 8.42 Å². The SMILES string of the molecule is CCc1ccc(CCl)cc1S(=O)(=O)N1CCCOCC1. The molecular formula is C14H20ClNO3S. The largest absolute Gasteiger partial charge is 0.380 e. The molecule has 0 aromatic heterocycles. The first kappa shape index (κ1) is 15.8. The van der Waals surface area contributed by atoms with Gasteiger partial charge in [0.2, 0.25) is 10.0 Å². The Morgan fingerprint density at radius 1 is 1.30 bits per heavy atom. The van der Waals surface area contributed by atoms with Crippen molar-refractivity contribution in [2.24, 2.45) is 0 Å². The summed E-state index contributed by atoms with van der Waals surface area (Å²) in [6.45, 7) is 3.96. The maximum Gasteiger partial charge on any atom is 0.243 e. The lowest BCUT2D eigenvalue weighted by molar-refractivity contribution is 0.148. The third-order valence-electron chi connectivity index (χ3n) is 3.47. The fourth-order valence-electron chi connectivity index (χ4n) is 2.32. The van der Waals surface area contributed by atoms with E-state index in [9.17, 15) is 8.42 Å². The Balaban J connectivity index is 2.41. The van der Waals surface area contributed by atoms with Crippen LogP contribution >= 0.6 is 11.6 Å². The molecule has 1 aliphatic heterocycles. The van der Waals surface area contributed by atoms with Crippen molar-refractivity contribution in [2.75, 3.05) is 26.3 Å². The molecule has 1 saturated heterocycles. The van der Waals surface area contributed by atoms with E-state index in [4.69, 9.17) is 16.3 Å². The molecule has 0 amide bonds. The summed E-state index contributed by atoms with van der Waals surface area (Å²) in [5.41, 5.74) is 1.66. The van der Waals surface area contributed by atoms with E-state index in [0.717, 1.165) is 17.5 Å². The predicted molar refractivity (Wildman–Crippen MR) is 79.6 cm³/mol. The summed E-state index contributed by atoms with van der Waals surface area (Å²) in [4.78, 5) is 0.389. The van der Waals surface area contributed by atoms with Crippen LogP contribution in [-0.4, -0.2) is 39.0 Å². The number of sulfonamides is 1. The van der Waals surface area contributed by atoms with Gasteiger partial charge in [0, 0.05) is 25.6 Å². The number of hydrogen-bond donors (Lipinski definition) is 0. The number of aryl methyl sites for hydroxylation is 1. The smallest absolute Gasteiger partial charge is 0.243 e. The monoisotopic (exact) mass is 317 g/mol. The minimum absolute atomic E-state index is 0.315. The van der Waals surface area contributed by atoms with Gasteiger partial charge in [-0.05, 0) is 30.0 Å². The van der Waals surface area contributed by atoms with E-state index in [2.05, 4.69) is 0 Å². The molecule has 1 fully saturated rings. The minimum Gasteiger partial charge on any atom is -0.380 e. The summed E-state index contributed by atoms with van der Waals surface area (Å²) in [7, 11) is -3.47. The van der Waals surface area contributed by atoms with Crippen molar-refractivity contribution in [3.05, 3.63) is 29.3 Å². The standard InChI is InChI=1S/C14H20ClNO3S/c1-2-13-5-4-12(11-15)10-14(13)20(17,18)16-6-3-8-19-9-7-16/h4-5,10H,2-3,6-9,11H2,1H3. The van der Waals surface area contributed by atoms with Crippen LogP contribution in [0.1, 0.15) is 24.5 Å². The number of halogens is 1. The number of benzene rings is 1. The van der Waals surface area contributed by atoms with Crippen LogP contribution in [0.3, 0.4) is 0 Å². The van der Waals surface area contributed by atoms with Gasteiger partial charge in [-0.2, -0.15) is 4.31 Å². The average Bonchev–Trinajstić information content (AvgIpc) is 2.76. The first-order valence-corrected chi connectivity index (χ1v) is 8.82. The molecule has 1 aliphatic rings. The van der Waals surface area contributed by atoms with Gasteiger partial charge in [0.05, 0.1) is 11.5 Å². The van der Waals surface area contributed by atoms with Crippen LogP contribution in [0.4, 0.5) is 0 Å². The van der Waals surface area contributed by atoms with Crippen molar-refractivity contribution in [1.82, 2.24) is 4.31 Å². The number of ether oxygens (including phenoxy) is 1. The molecule has 0 N–H and O–H groups in total. The first-order valence-electron chi connectivity index (χ1n) is 6.85. The molecule has 0 radical (unpaired) electrons. The third kappa shape index (κ3) is 3.34. The Bertz CT molecular complexity index is 552. The molecule has 0 aliphatic carbocycles. The average molecular weight is 318 g/mol. The van der Waals surface area contributed by atoms with Gasteiger partial charge < -0.3 is 4.74 Å². The Labute approximate surface area is 125 Å². The van der Waals surface area contributed by atoms with Crippen LogP contribution < -0.4 is 0 Å². The van der Waals surface area contributed by atoms with Crippen molar-refractivity contribution in [2.45, 2.75) is 30.5 Å². The van der Waals surface area contributed by atoms with Crippen LogP contribution in [0, 0.1) is 0 Å². The van der Waals surface area contributed by atoms with E-state index in [0.29, 0.717) is 43.5 Å². The lowest BCUT2D eigenvalue weighted by Crippen LogP contribution is -2.33. The maximum atomic E-state index is 12.8. The van der Waals surface area contributed by atoms with Crippen LogP contribution in [0.5, 0.6) is 0 Å². The van der Waals surface area contributed by atoms with Gasteiger partial charge in [-0.15, -0.1) is 11.6 Å². The maximum absolute atomic E-state index is 12.8. The minimum atomic E-state index is -3.47. The topological polar surface area (TPSA) is 46.6 Å². The van der Waals surface area contributed by atoms with Crippen molar-refractivity contribution < 1.29 is 13.2 Å². The summed E-state index contributed by atoms with van der Waals surface area (Å²) in [6, 6.07) is 5.45. The van der Waals surface area contributed by atoms with Gasteiger partial charge >= 0.3 is 0 Å². The molecule has 6 heteroatoms. The van der Waals surface area contributed by atoms with Gasteiger partial charge in [-0.3, -0.25) is 0 Å². The van der Waals surface area contributed by atoms with Crippen LogP contribution in [0.2, 0.25) is 0 Å². The molecule has 1 aromatic rings. The second-order valence-electron chi connectivity index (χ2n) is 4.80. The molecule has 0 saturated carbocycles. The van der Waals surface area contributed by atoms with Gasteiger partial charge in [0.1, 0.15) is 0 Å². The molecule has 0 unspecified atom stereocenters. The quantitative estimate of drug-likeness (QED) is 0.801. The molecule has 0 spiro atoms. The second kappa shape index (κ2) is 6.89. The number of hydrogen-bond acceptors (Lipinski definition) is 3. The summed E-state index contributed by atoms with van der Waals surface area (Å²) < 4.78 is 32.5. The zero-order chi connectivity index (χ0) is 14.6. The fraction of sp³-hybridized carbons (Fsp3) is 0.571.